The van der Waals surface area contributed by atoms with Crippen molar-refractivity contribution in [2.75, 3.05) is 13.1 Å². The lowest BCUT2D eigenvalue weighted by Gasteiger charge is -2.23. The fourth-order valence-corrected chi connectivity index (χ4v) is 1.56. The number of rotatable bonds is 6. The molecule has 3 nitrogen and oxygen atoms in total. The first-order valence-electron chi connectivity index (χ1n) is 5.64. The van der Waals surface area contributed by atoms with Crippen LogP contribution in [0.3, 0.4) is 0 Å². The van der Waals surface area contributed by atoms with Crippen molar-refractivity contribution >= 4 is 5.91 Å². The fourth-order valence-electron chi connectivity index (χ4n) is 1.56. The second-order valence-corrected chi connectivity index (χ2v) is 4.54. The molecule has 3 heteroatoms. The smallest absolute Gasteiger partial charge is 0.224 e. The summed E-state index contributed by atoms with van der Waals surface area (Å²) in [6.45, 7) is 5.78. The van der Waals surface area contributed by atoms with E-state index in [0.717, 1.165) is 13.0 Å². The van der Waals surface area contributed by atoms with Crippen molar-refractivity contribution in [2.45, 2.75) is 45.6 Å². The molecule has 1 aliphatic carbocycles. The third kappa shape index (κ3) is 3.66. The van der Waals surface area contributed by atoms with Crippen molar-refractivity contribution in [3.05, 3.63) is 0 Å². The minimum Gasteiger partial charge on any atom is -0.340 e. The van der Waals surface area contributed by atoms with Crippen LogP contribution in [0.4, 0.5) is 0 Å². The van der Waals surface area contributed by atoms with Crippen LogP contribution in [0.5, 0.6) is 0 Å². The molecule has 1 saturated carbocycles. The third-order valence-corrected chi connectivity index (χ3v) is 2.61. The van der Waals surface area contributed by atoms with E-state index in [1.54, 1.807) is 0 Å². The molecule has 0 saturated heterocycles. The third-order valence-electron chi connectivity index (χ3n) is 2.61. The zero-order chi connectivity index (χ0) is 10.6. The molecular formula is C11H22N2O. The van der Waals surface area contributed by atoms with Crippen molar-refractivity contribution in [2.24, 2.45) is 11.7 Å². The minimum absolute atomic E-state index is 0.246. The summed E-state index contributed by atoms with van der Waals surface area (Å²) in [6, 6.07) is 0.535. The van der Waals surface area contributed by atoms with Crippen LogP contribution >= 0.6 is 0 Å². The molecule has 1 amide bonds. The number of hydrogen-bond acceptors (Lipinski definition) is 2. The average Bonchev–Trinajstić information content (AvgIpc) is 2.88. The van der Waals surface area contributed by atoms with Crippen LogP contribution in [0.1, 0.15) is 39.5 Å². The maximum atomic E-state index is 11.7. The lowest BCUT2D eigenvalue weighted by Crippen LogP contribution is -2.35. The highest BCUT2D eigenvalue weighted by molar-refractivity contribution is 5.77. The van der Waals surface area contributed by atoms with E-state index >= 15 is 0 Å². The van der Waals surface area contributed by atoms with Crippen molar-refractivity contribution < 1.29 is 4.79 Å². The highest BCUT2D eigenvalue weighted by Crippen LogP contribution is 2.27. The highest BCUT2D eigenvalue weighted by Gasteiger charge is 2.31. The van der Waals surface area contributed by atoms with E-state index < -0.39 is 0 Å². The molecular weight excluding hydrogens is 176 g/mol. The molecule has 1 aliphatic rings. The Morgan fingerprint density at radius 2 is 2.14 bits per heavy atom. The molecule has 0 aromatic rings. The first kappa shape index (κ1) is 11.5. The molecule has 0 aromatic carbocycles. The molecule has 0 spiro atoms. The number of hydrogen-bond donors (Lipinski definition) is 1. The molecule has 14 heavy (non-hydrogen) atoms. The second-order valence-electron chi connectivity index (χ2n) is 4.54. The standard InChI is InChI=1S/C11H22N2O/c1-9(2)6-8-13(10-3-4-10)11(14)5-7-12/h9-10H,3-8,12H2,1-2H3. The average molecular weight is 198 g/mol. The van der Waals surface area contributed by atoms with E-state index in [9.17, 15) is 4.79 Å². The molecule has 0 aliphatic heterocycles. The summed E-state index contributed by atoms with van der Waals surface area (Å²) in [5.41, 5.74) is 5.40. The highest BCUT2D eigenvalue weighted by atomic mass is 16.2. The lowest BCUT2D eigenvalue weighted by molar-refractivity contribution is -0.131. The summed E-state index contributed by atoms with van der Waals surface area (Å²) < 4.78 is 0. The van der Waals surface area contributed by atoms with Crippen LogP contribution in [0.15, 0.2) is 0 Å². The van der Waals surface area contributed by atoms with Gasteiger partial charge in [-0.2, -0.15) is 0 Å². The molecule has 0 radical (unpaired) electrons. The topological polar surface area (TPSA) is 46.3 Å². The van der Waals surface area contributed by atoms with Crippen LogP contribution < -0.4 is 5.73 Å². The maximum absolute atomic E-state index is 11.7. The molecule has 0 heterocycles. The Morgan fingerprint density at radius 1 is 1.50 bits per heavy atom. The van der Waals surface area contributed by atoms with Gasteiger partial charge in [-0.1, -0.05) is 13.8 Å². The van der Waals surface area contributed by atoms with Crippen LogP contribution in [0.25, 0.3) is 0 Å². The van der Waals surface area contributed by atoms with Crippen molar-refractivity contribution in [1.29, 1.82) is 0 Å². The zero-order valence-corrected chi connectivity index (χ0v) is 9.33. The van der Waals surface area contributed by atoms with Gasteiger partial charge in [-0.25, -0.2) is 0 Å². The fraction of sp³-hybridized carbons (Fsp3) is 0.909. The Balaban J connectivity index is 2.34. The van der Waals surface area contributed by atoms with Gasteiger partial charge in [-0.05, 0) is 25.2 Å². The number of nitrogens with two attached hydrogens (primary N) is 1. The number of carbonyl (C=O) groups is 1. The van der Waals surface area contributed by atoms with Crippen molar-refractivity contribution in [3.63, 3.8) is 0 Å². The van der Waals surface area contributed by atoms with E-state index in [2.05, 4.69) is 13.8 Å². The number of amides is 1. The Labute approximate surface area is 86.6 Å². The van der Waals surface area contributed by atoms with Crippen molar-refractivity contribution in [3.8, 4) is 0 Å². The van der Waals surface area contributed by atoms with Gasteiger partial charge in [-0.3, -0.25) is 4.79 Å². The van der Waals surface area contributed by atoms with Gasteiger partial charge < -0.3 is 10.6 Å². The maximum Gasteiger partial charge on any atom is 0.224 e. The molecule has 0 unspecified atom stereocenters. The first-order valence-corrected chi connectivity index (χ1v) is 5.64. The van der Waals surface area contributed by atoms with E-state index in [1.165, 1.54) is 12.8 Å². The summed E-state index contributed by atoms with van der Waals surface area (Å²) in [5, 5.41) is 0. The molecule has 0 aromatic heterocycles. The van der Waals surface area contributed by atoms with Gasteiger partial charge in [0.15, 0.2) is 0 Å². The molecule has 0 bridgehead atoms. The zero-order valence-electron chi connectivity index (χ0n) is 9.33. The van der Waals surface area contributed by atoms with Gasteiger partial charge in [0.2, 0.25) is 5.91 Å². The van der Waals surface area contributed by atoms with E-state index in [0.29, 0.717) is 24.9 Å². The molecule has 82 valence electrons. The predicted octanol–water partition coefficient (Wildman–Crippen LogP) is 1.37. The van der Waals surface area contributed by atoms with E-state index in [-0.39, 0.29) is 5.91 Å². The Morgan fingerprint density at radius 3 is 2.57 bits per heavy atom. The van der Waals surface area contributed by atoms with Crippen LogP contribution in [-0.4, -0.2) is 29.9 Å². The van der Waals surface area contributed by atoms with Gasteiger partial charge in [-0.15, -0.1) is 0 Å². The predicted molar refractivity (Wildman–Crippen MR) is 57.9 cm³/mol. The Kier molecular flexibility index (Phi) is 4.39. The Bertz CT molecular complexity index is 188. The van der Waals surface area contributed by atoms with E-state index in [4.69, 9.17) is 5.73 Å². The van der Waals surface area contributed by atoms with Crippen molar-refractivity contribution in [1.82, 2.24) is 4.90 Å². The Hall–Kier alpha value is -0.570. The number of carbonyl (C=O) groups excluding carboxylic acids is 1. The van der Waals surface area contributed by atoms with Gasteiger partial charge >= 0.3 is 0 Å². The number of nitrogens with zero attached hydrogens (tertiary/aromatic N) is 1. The summed E-state index contributed by atoms with van der Waals surface area (Å²) >= 11 is 0. The van der Waals surface area contributed by atoms with Gasteiger partial charge in [0.25, 0.3) is 0 Å². The quantitative estimate of drug-likeness (QED) is 0.700. The van der Waals surface area contributed by atoms with Crippen LogP contribution in [0, 0.1) is 5.92 Å². The SMILES string of the molecule is CC(C)CCN(C(=O)CCN)C1CC1. The van der Waals surface area contributed by atoms with Crippen LogP contribution in [-0.2, 0) is 4.79 Å². The van der Waals surface area contributed by atoms with Gasteiger partial charge in [0, 0.05) is 25.6 Å². The first-order chi connectivity index (χ1) is 6.65. The normalized spacial score (nSPS) is 16.0. The summed E-state index contributed by atoms with van der Waals surface area (Å²) in [7, 11) is 0. The molecule has 2 N–H and O–H groups in total. The van der Waals surface area contributed by atoms with Gasteiger partial charge in [0.05, 0.1) is 0 Å². The summed E-state index contributed by atoms with van der Waals surface area (Å²) in [4.78, 5) is 13.7. The summed E-state index contributed by atoms with van der Waals surface area (Å²) in [5.74, 6) is 0.914. The summed E-state index contributed by atoms with van der Waals surface area (Å²) in [6.07, 6.45) is 3.99. The largest absolute Gasteiger partial charge is 0.340 e. The van der Waals surface area contributed by atoms with Crippen LogP contribution in [0.2, 0.25) is 0 Å². The molecule has 1 rings (SSSR count). The minimum atomic E-state index is 0.246. The molecule has 1 fully saturated rings. The lowest BCUT2D eigenvalue weighted by atomic mass is 10.1. The van der Waals surface area contributed by atoms with Gasteiger partial charge in [0.1, 0.15) is 0 Å². The van der Waals surface area contributed by atoms with E-state index in [1.807, 2.05) is 4.90 Å². The molecule has 0 atom stereocenters. The monoisotopic (exact) mass is 198 g/mol. The second kappa shape index (κ2) is 5.35.